The van der Waals surface area contributed by atoms with Gasteiger partial charge >= 0.3 is 6.03 Å². The molecular formula is C11H18N4O3. The molecule has 2 heterocycles. The summed E-state index contributed by atoms with van der Waals surface area (Å²) in [7, 11) is 3.30. The Labute approximate surface area is 105 Å². The summed E-state index contributed by atoms with van der Waals surface area (Å²) >= 11 is 0. The van der Waals surface area contributed by atoms with Crippen molar-refractivity contribution in [3.63, 3.8) is 0 Å². The fourth-order valence-electron chi connectivity index (χ4n) is 2.11. The van der Waals surface area contributed by atoms with Gasteiger partial charge in [-0.15, -0.1) is 0 Å². The van der Waals surface area contributed by atoms with E-state index < -0.39 is 11.8 Å². The van der Waals surface area contributed by atoms with Gasteiger partial charge in [-0.1, -0.05) is 0 Å². The Kier molecular flexibility index (Phi) is 2.83. The number of β-amino-alcohol motifs (C(OH)–C–C–N with tert-alkyl or cyclic N) is 1. The van der Waals surface area contributed by atoms with Crippen LogP contribution in [0.1, 0.15) is 19.5 Å². The summed E-state index contributed by atoms with van der Waals surface area (Å²) in [6.07, 6.45) is -0.910. The van der Waals surface area contributed by atoms with Crippen molar-refractivity contribution in [3.05, 3.63) is 11.8 Å². The van der Waals surface area contributed by atoms with Crippen molar-refractivity contribution >= 4 is 11.8 Å². The predicted octanol–water partition coefficient (Wildman–Crippen LogP) is -0.162. The number of amides is 2. The summed E-state index contributed by atoms with van der Waals surface area (Å²) in [6.45, 7) is 3.53. The third kappa shape index (κ3) is 1.95. The van der Waals surface area contributed by atoms with E-state index in [4.69, 9.17) is 0 Å². The number of urea groups is 1. The molecule has 0 saturated carbocycles. The maximum absolute atomic E-state index is 11.9. The second-order valence-electron chi connectivity index (χ2n) is 5.08. The van der Waals surface area contributed by atoms with Crippen molar-refractivity contribution in [1.29, 1.82) is 0 Å². The number of aliphatic hydroxyl groups is 2. The Balaban J connectivity index is 2.39. The molecule has 1 aliphatic rings. The number of carbonyl (C=O) groups is 1. The summed E-state index contributed by atoms with van der Waals surface area (Å²) in [5.41, 5.74) is -0.480. The number of carbonyl (C=O) groups excluding carboxylic acids is 1. The van der Waals surface area contributed by atoms with Crippen LogP contribution in [0.2, 0.25) is 0 Å². The number of likely N-dealkylation sites (N-methyl/N-ethyl adjacent to an activating group) is 1. The zero-order chi connectivity index (χ0) is 13.7. The van der Waals surface area contributed by atoms with Gasteiger partial charge in [0.05, 0.1) is 12.2 Å². The number of aromatic nitrogens is 2. The van der Waals surface area contributed by atoms with Gasteiger partial charge in [0.25, 0.3) is 0 Å². The first-order chi connectivity index (χ1) is 8.21. The van der Waals surface area contributed by atoms with Crippen LogP contribution in [0.4, 0.5) is 10.6 Å². The average Bonchev–Trinajstić information content (AvgIpc) is 2.69. The first kappa shape index (κ1) is 12.8. The molecule has 2 amide bonds. The van der Waals surface area contributed by atoms with Crippen LogP contribution >= 0.6 is 0 Å². The number of rotatable bonds is 2. The Morgan fingerprint density at radius 1 is 1.44 bits per heavy atom. The Morgan fingerprint density at radius 3 is 2.44 bits per heavy atom. The standard InChI is InChI=1S/C11H18N4O3/c1-11(2,18)7-5-8(12-14(7)4)15-9(16)6-13(3)10(15)17/h5,9,16,18H,6H2,1-4H3. The van der Waals surface area contributed by atoms with E-state index in [9.17, 15) is 15.0 Å². The first-order valence-electron chi connectivity index (χ1n) is 5.71. The van der Waals surface area contributed by atoms with Crippen LogP contribution in [0.3, 0.4) is 0 Å². The van der Waals surface area contributed by atoms with Crippen LogP contribution in [0.25, 0.3) is 0 Å². The predicted molar refractivity (Wildman–Crippen MR) is 65.0 cm³/mol. The maximum atomic E-state index is 11.9. The average molecular weight is 254 g/mol. The fourth-order valence-corrected chi connectivity index (χ4v) is 2.11. The molecule has 1 fully saturated rings. The van der Waals surface area contributed by atoms with Crippen LogP contribution in [0.15, 0.2) is 6.07 Å². The number of aryl methyl sites for hydroxylation is 1. The minimum Gasteiger partial charge on any atom is -0.384 e. The number of aliphatic hydroxyl groups excluding tert-OH is 1. The molecule has 7 heteroatoms. The summed E-state index contributed by atoms with van der Waals surface area (Å²) in [5, 5.41) is 24.0. The summed E-state index contributed by atoms with van der Waals surface area (Å²) in [5.74, 6) is 0.344. The van der Waals surface area contributed by atoms with Gasteiger partial charge < -0.3 is 15.1 Å². The zero-order valence-corrected chi connectivity index (χ0v) is 11.0. The Morgan fingerprint density at radius 2 is 2.06 bits per heavy atom. The molecule has 0 aromatic carbocycles. The molecule has 0 radical (unpaired) electrons. The quantitative estimate of drug-likeness (QED) is 0.768. The van der Waals surface area contributed by atoms with Gasteiger partial charge in [0.1, 0.15) is 5.60 Å². The molecule has 0 spiro atoms. The van der Waals surface area contributed by atoms with Gasteiger partial charge in [0.2, 0.25) is 0 Å². The Bertz CT molecular complexity index is 477. The molecule has 18 heavy (non-hydrogen) atoms. The molecular weight excluding hydrogens is 236 g/mol. The second kappa shape index (κ2) is 3.96. The molecule has 2 N–H and O–H groups in total. The van der Waals surface area contributed by atoms with Crippen LogP contribution in [0, 0.1) is 0 Å². The lowest BCUT2D eigenvalue weighted by Gasteiger charge is -2.17. The molecule has 1 aliphatic heterocycles. The number of anilines is 1. The van der Waals surface area contributed by atoms with Gasteiger partial charge in [-0.3, -0.25) is 4.68 Å². The smallest absolute Gasteiger partial charge is 0.327 e. The van der Waals surface area contributed by atoms with Gasteiger partial charge in [-0.2, -0.15) is 5.10 Å². The van der Waals surface area contributed by atoms with Crippen molar-refractivity contribution in [2.75, 3.05) is 18.5 Å². The van der Waals surface area contributed by atoms with Crippen LogP contribution in [0.5, 0.6) is 0 Å². The highest BCUT2D eigenvalue weighted by Crippen LogP contribution is 2.27. The minimum atomic E-state index is -1.06. The zero-order valence-electron chi connectivity index (χ0n) is 11.0. The van der Waals surface area contributed by atoms with E-state index >= 15 is 0 Å². The molecule has 1 aromatic rings. The van der Waals surface area contributed by atoms with E-state index in [1.54, 1.807) is 34.0 Å². The van der Waals surface area contributed by atoms with Crippen LogP contribution < -0.4 is 4.90 Å². The van der Waals surface area contributed by atoms with E-state index in [2.05, 4.69) is 5.10 Å². The molecule has 100 valence electrons. The lowest BCUT2D eigenvalue weighted by molar-refractivity contribution is 0.0695. The summed E-state index contributed by atoms with van der Waals surface area (Å²) in [4.78, 5) is 14.5. The molecule has 0 aliphatic carbocycles. The second-order valence-corrected chi connectivity index (χ2v) is 5.08. The molecule has 0 bridgehead atoms. The van der Waals surface area contributed by atoms with Crippen molar-refractivity contribution < 1.29 is 15.0 Å². The fraction of sp³-hybridized carbons (Fsp3) is 0.636. The number of hydrogen-bond donors (Lipinski definition) is 2. The van der Waals surface area contributed by atoms with Crippen molar-refractivity contribution in [2.24, 2.45) is 7.05 Å². The van der Waals surface area contributed by atoms with E-state index in [-0.39, 0.29) is 12.6 Å². The van der Waals surface area contributed by atoms with E-state index in [0.717, 1.165) is 0 Å². The van der Waals surface area contributed by atoms with Gasteiger partial charge in [-0.25, -0.2) is 9.69 Å². The van der Waals surface area contributed by atoms with Crippen molar-refractivity contribution in [2.45, 2.75) is 25.7 Å². The number of hydrogen-bond acceptors (Lipinski definition) is 4. The van der Waals surface area contributed by atoms with Gasteiger partial charge in [0.15, 0.2) is 12.0 Å². The SMILES string of the molecule is CN1CC(O)N(c2cc(C(C)(C)O)n(C)n2)C1=O. The van der Waals surface area contributed by atoms with E-state index in [1.165, 1.54) is 14.5 Å². The van der Waals surface area contributed by atoms with Gasteiger partial charge in [-0.05, 0) is 13.8 Å². The minimum absolute atomic E-state index is 0.243. The maximum Gasteiger partial charge on any atom is 0.327 e. The topological polar surface area (TPSA) is 81.8 Å². The lowest BCUT2D eigenvalue weighted by Crippen LogP contribution is -2.34. The van der Waals surface area contributed by atoms with Crippen LogP contribution in [-0.4, -0.2) is 50.7 Å². The van der Waals surface area contributed by atoms with Crippen LogP contribution in [-0.2, 0) is 12.6 Å². The monoisotopic (exact) mass is 254 g/mol. The third-order valence-corrected chi connectivity index (χ3v) is 3.01. The normalized spacial score (nSPS) is 21.0. The van der Waals surface area contributed by atoms with Gasteiger partial charge in [0, 0.05) is 20.2 Å². The Hall–Kier alpha value is -1.60. The van der Waals surface area contributed by atoms with E-state index in [0.29, 0.717) is 11.5 Å². The molecule has 1 aromatic heterocycles. The first-order valence-corrected chi connectivity index (χ1v) is 5.71. The summed E-state index contributed by atoms with van der Waals surface area (Å²) in [6, 6.07) is 1.31. The lowest BCUT2D eigenvalue weighted by atomic mass is 10.1. The molecule has 2 rings (SSSR count). The van der Waals surface area contributed by atoms with Crippen molar-refractivity contribution in [3.8, 4) is 0 Å². The number of nitrogens with zero attached hydrogens (tertiary/aromatic N) is 4. The molecule has 7 nitrogen and oxygen atoms in total. The highest BCUT2D eigenvalue weighted by molar-refractivity contribution is 5.93. The highest BCUT2D eigenvalue weighted by atomic mass is 16.3. The molecule has 1 unspecified atom stereocenters. The highest BCUT2D eigenvalue weighted by Gasteiger charge is 2.37. The largest absolute Gasteiger partial charge is 0.384 e. The summed E-state index contributed by atoms with van der Waals surface area (Å²) < 4.78 is 1.51. The molecule has 1 saturated heterocycles. The van der Waals surface area contributed by atoms with E-state index in [1.807, 2.05) is 0 Å². The van der Waals surface area contributed by atoms with Crippen molar-refractivity contribution in [1.82, 2.24) is 14.7 Å². The molecule has 1 atom stereocenters. The third-order valence-electron chi connectivity index (χ3n) is 3.01.